The Morgan fingerprint density at radius 1 is 1.60 bits per heavy atom. The number of carboxylic acid groups (broad SMARTS) is 1. The number of carbonyl (C=O) groups is 1. The Hall–Kier alpha value is 0.0500. The topological polar surface area (TPSA) is 37.3 Å². The predicted octanol–water partition coefficient (Wildman–Crippen LogP) is 2.09. The molecule has 2 atom stereocenters. The minimum absolute atomic E-state index is 0.0885. The van der Waals surface area contributed by atoms with Crippen LogP contribution in [-0.2, 0) is 4.79 Å². The van der Waals surface area contributed by atoms with Crippen LogP contribution in [0.5, 0.6) is 0 Å². The standard InChI is InChI=1S/C6H10Cl2O2/c1-4(7)5(8)2-3-6(9)10/h4-5H,2-3H2,1H3,(H,9,10). The van der Waals surface area contributed by atoms with Crippen molar-refractivity contribution in [2.75, 3.05) is 0 Å². The van der Waals surface area contributed by atoms with Crippen LogP contribution in [0.2, 0.25) is 0 Å². The average Bonchev–Trinajstić information content (AvgIpc) is 1.82. The Kier molecular flexibility index (Phi) is 4.83. The maximum atomic E-state index is 10.0. The van der Waals surface area contributed by atoms with Gasteiger partial charge < -0.3 is 5.11 Å². The van der Waals surface area contributed by atoms with Gasteiger partial charge in [-0.05, 0) is 13.3 Å². The van der Waals surface area contributed by atoms with Crippen molar-refractivity contribution in [3.8, 4) is 0 Å². The lowest BCUT2D eigenvalue weighted by molar-refractivity contribution is -0.137. The van der Waals surface area contributed by atoms with E-state index < -0.39 is 5.97 Å². The smallest absolute Gasteiger partial charge is 0.303 e. The minimum atomic E-state index is -0.831. The molecule has 0 heterocycles. The normalized spacial score (nSPS) is 16.3. The van der Waals surface area contributed by atoms with Crippen molar-refractivity contribution in [2.24, 2.45) is 0 Å². The van der Waals surface area contributed by atoms with Gasteiger partial charge in [0.15, 0.2) is 0 Å². The second kappa shape index (κ2) is 4.80. The van der Waals surface area contributed by atoms with Gasteiger partial charge in [0.1, 0.15) is 0 Å². The summed E-state index contributed by atoms with van der Waals surface area (Å²) in [4.78, 5) is 10.0. The molecular formula is C6H10Cl2O2. The van der Waals surface area contributed by atoms with Gasteiger partial charge in [0.2, 0.25) is 0 Å². The molecule has 0 aromatic carbocycles. The van der Waals surface area contributed by atoms with Gasteiger partial charge in [0.05, 0.1) is 5.38 Å². The maximum absolute atomic E-state index is 10.0. The van der Waals surface area contributed by atoms with Crippen molar-refractivity contribution in [3.05, 3.63) is 0 Å². The van der Waals surface area contributed by atoms with E-state index in [1.54, 1.807) is 6.92 Å². The van der Waals surface area contributed by atoms with E-state index in [2.05, 4.69) is 0 Å². The summed E-state index contributed by atoms with van der Waals surface area (Å²) in [5.41, 5.74) is 0. The van der Waals surface area contributed by atoms with E-state index in [4.69, 9.17) is 28.3 Å². The summed E-state index contributed by atoms with van der Waals surface area (Å²) in [5.74, 6) is -0.831. The third-order valence-electron chi connectivity index (χ3n) is 1.13. The lowest BCUT2D eigenvalue weighted by Gasteiger charge is -2.08. The molecule has 0 aliphatic rings. The van der Waals surface area contributed by atoms with Crippen LogP contribution in [0.1, 0.15) is 19.8 Å². The van der Waals surface area contributed by atoms with E-state index in [1.165, 1.54) is 0 Å². The molecule has 0 aliphatic carbocycles. The highest BCUT2D eigenvalue weighted by Crippen LogP contribution is 2.14. The Labute approximate surface area is 70.1 Å². The first kappa shape index (κ1) is 10.0. The van der Waals surface area contributed by atoms with E-state index in [0.717, 1.165) is 0 Å². The van der Waals surface area contributed by atoms with Crippen LogP contribution >= 0.6 is 23.2 Å². The molecule has 0 saturated heterocycles. The first-order valence-corrected chi connectivity index (χ1v) is 3.91. The molecule has 0 spiro atoms. The van der Waals surface area contributed by atoms with E-state index in [9.17, 15) is 4.79 Å². The second-order valence-corrected chi connectivity index (χ2v) is 3.37. The molecule has 2 unspecified atom stereocenters. The molecule has 0 aliphatic heterocycles. The fraction of sp³-hybridized carbons (Fsp3) is 0.833. The number of alkyl halides is 2. The number of carboxylic acids is 1. The van der Waals surface area contributed by atoms with Crippen molar-refractivity contribution >= 4 is 29.2 Å². The molecule has 0 fully saturated rings. The van der Waals surface area contributed by atoms with E-state index >= 15 is 0 Å². The molecule has 0 rings (SSSR count). The first-order chi connectivity index (χ1) is 4.54. The summed E-state index contributed by atoms with van der Waals surface area (Å²) in [6.45, 7) is 1.75. The number of hydrogen-bond acceptors (Lipinski definition) is 1. The molecule has 0 amide bonds. The zero-order valence-corrected chi connectivity index (χ0v) is 7.19. The maximum Gasteiger partial charge on any atom is 0.303 e. The van der Waals surface area contributed by atoms with Gasteiger partial charge in [-0.3, -0.25) is 4.79 Å². The van der Waals surface area contributed by atoms with Gasteiger partial charge >= 0.3 is 5.97 Å². The summed E-state index contributed by atoms with van der Waals surface area (Å²) in [5, 5.41) is 7.84. The van der Waals surface area contributed by atoms with E-state index in [0.29, 0.717) is 6.42 Å². The summed E-state index contributed by atoms with van der Waals surface area (Å²) in [6, 6.07) is 0. The van der Waals surface area contributed by atoms with Crippen LogP contribution in [0.3, 0.4) is 0 Å². The van der Waals surface area contributed by atoms with Gasteiger partial charge in [-0.15, -0.1) is 23.2 Å². The largest absolute Gasteiger partial charge is 0.481 e. The summed E-state index contributed by atoms with van der Waals surface area (Å²) >= 11 is 11.3. The number of hydrogen-bond donors (Lipinski definition) is 1. The van der Waals surface area contributed by atoms with Crippen LogP contribution in [0.4, 0.5) is 0 Å². The first-order valence-electron chi connectivity index (χ1n) is 3.04. The SMILES string of the molecule is CC(Cl)C(Cl)CCC(=O)O. The van der Waals surface area contributed by atoms with Crippen LogP contribution in [0.25, 0.3) is 0 Å². The molecule has 0 aromatic heterocycles. The highest BCUT2D eigenvalue weighted by atomic mass is 35.5. The van der Waals surface area contributed by atoms with Gasteiger partial charge in [-0.1, -0.05) is 0 Å². The van der Waals surface area contributed by atoms with Gasteiger partial charge in [0.25, 0.3) is 0 Å². The molecule has 4 heteroatoms. The van der Waals surface area contributed by atoms with Crippen molar-refractivity contribution in [1.29, 1.82) is 0 Å². The molecule has 0 aromatic rings. The fourth-order valence-electron chi connectivity index (χ4n) is 0.491. The van der Waals surface area contributed by atoms with Crippen LogP contribution < -0.4 is 0 Å². The molecule has 0 bridgehead atoms. The van der Waals surface area contributed by atoms with Crippen molar-refractivity contribution in [1.82, 2.24) is 0 Å². The highest BCUT2D eigenvalue weighted by Gasteiger charge is 2.12. The molecule has 2 nitrogen and oxygen atoms in total. The van der Waals surface area contributed by atoms with E-state index in [1.807, 2.05) is 0 Å². The molecule has 1 N–H and O–H groups in total. The Bertz CT molecular complexity index is 114. The molecule has 60 valence electrons. The minimum Gasteiger partial charge on any atom is -0.481 e. The summed E-state index contributed by atoms with van der Waals surface area (Å²) < 4.78 is 0. The van der Waals surface area contributed by atoms with Gasteiger partial charge in [0, 0.05) is 11.8 Å². The van der Waals surface area contributed by atoms with Crippen molar-refractivity contribution in [3.63, 3.8) is 0 Å². The number of aliphatic carboxylic acids is 1. The number of halogens is 2. The lowest BCUT2D eigenvalue weighted by atomic mass is 10.2. The van der Waals surface area contributed by atoms with Crippen LogP contribution in [0.15, 0.2) is 0 Å². The molecule has 10 heavy (non-hydrogen) atoms. The lowest BCUT2D eigenvalue weighted by Crippen LogP contribution is -2.12. The average molecular weight is 185 g/mol. The zero-order chi connectivity index (χ0) is 8.15. The van der Waals surface area contributed by atoms with E-state index in [-0.39, 0.29) is 17.2 Å². The van der Waals surface area contributed by atoms with Crippen LogP contribution in [-0.4, -0.2) is 21.8 Å². The fourth-order valence-corrected chi connectivity index (χ4v) is 0.726. The van der Waals surface area contributed by atoms with Crippen LogP contribution in [0, 0.1) is 0 Å². The third-order valence-corrected chi connectivity index (χ3v) is 2.16. The Balaban J connectivity index is 3.39. The second-order valence-electron chi connectivity index (χ2n) is 2.13. The summed E-state index contributed by atoms with van der Waals surface area (Å²) in [7, 11) is 0. The quantitative estimate of drug-likeness (QED) is 0.680. The Morgan fingerprint density at radius 2 is 2.10 bits per heavy atom. The predicted molar refractivity (Wildman–Crippen MR) is 41.8 cm³/mol. The number of rotatable bonds is 4. The molecule has 0 radical (unpaired) electrons. The molecular weight excluding hydrogens is 175 g/mol. The van der Waals surface area contributed by atoms with Gasteiger partial charge in [-0.25, -0.2) is 0 Å². The molecule has 0 saturated carbocycles. The zero-order valence-electron chi connectivity index (χ0n) is 5.68. The highest BCUT2D eigenvalue weighted by molar-refractivity contribution is 6.29. The van der Waals surface area contributed by atoms with Gasteiger partial charge in [-0.2, -0.15) is 0 Å². The summed E-state index contributed by atoms with van der Waals surface area (Å²) in [6.07, 6.45) is 0.521. The Morgan fingerprint density at radius 3 is 2.40 bits per heavy atom. The third kappa shape index (κ3) is 4.89. The monoisotopic (exact) mass is 184 g/mol. The van der Waals surface area contributed by atoms with Crippen molar-refractivity contribution < 1.29 is 9.90 Å². The van der Waals surface area contributed by atoms with Crippen molar-refractivity contribution in [2.45, 2.75) is 30.5 Å².